The largest absolute Gasteiger partial charge is 0.487 e. The number of halogens is 2. The first kappa shape index (κ1) is 16.4. The first-order valence-electron chi connectivity index (χ1n) is 7.51. The maximum Gasteiger partial charge on any atom is 0.138 e. The van der Waals surface area contributed by atoms with E-state index in [-0.39, 0.29) is 18.2 Å². The molecule has 23 heavy (non-hydrogen) atoms. The second-order valence-electron chi connectivity index (χ2n) is 5.75. The topological polar surface area (TPSA) is 59.3 Å². The Morgan fingerprint density at radius 1 is 1.13 bits per heavy atom. The molecule has 1 aliphatic rings. The maximum atomic E-state index is 6.16. The highest BCUT2D eigenvalue weighted by Gasteiger charge is 2.30. The summed E-state index contributed by atoms with van der Waals surface area (Å²) in [5.74, 6) is 0.640. The summed E-state index contributed by atoms with van der Waals surface area (Å²) in [5, 5.41) is 1.12. The van der Waals surface area contributed by atoms with E-state index in [4.69, 9.17) is 33.7 Å². The lowest BCUT2D eigenvalue weighted by Crippen LogP contribution is -2.40. The summed E-state index contributed by atoms with van der Waals surface area (Å²) in [6, 6.07) is 13.6. The van der Waals surface area contributed by atoms with Crippen LogP contribution in [0.15, 0.2) is 42.5 Å². The molecule has 3 rings (SSSR count). The summed E-state index contributed by atoms with van der Waals surface area (Å²) in [7, 11) is 0. The summed E-state index contributed by atoms with van der Waals surface area (Å²) >= 11 is 12.1. The normalized spacial score (nSPS) is 22.0. The summed E-state index contributed by atoms with van der Waals surface area (Å²) in [5.41, 5.74) is 14.3. The molecule has 0 radical (unpaired) electrons. The van der Waals surface area contributed by atoms with E-state index in [1.54, 1.807) is 18.2 Å². The second-order valence-corrected chi connectivity index (χ2v) is 6.59. The predicted molar refractivity (Wildman–Crippen MR) is 94.8 cm³/mol. The van der Waals surface area contributed by atoms with E-state index < -0.39 is 0 Å². The summed E-state index contributed by atoms with van der Waals surface area (Å²) < 4.78 is 5.97. The number of ether oxygens (including phenoxy) is 1. The molecule has 0 spiro atoms. The summed E-state index contributed by atoms with van der Waals surface area (Å²) in [6.07, 6.45) is 0.871. The van der Waals surface area contributed by atoms with Gasteiger partial charge in [0.05, 0.1) is 11.1 Å². The lowest BCUT2D eigenvalue weighted by atomic mass is 9.99. The van der Waals surface area contributed by atoms with Crippen molar-refractivity contribution in [3.05, 3.63) is 58.1 Å². The van der Waals surface area contributed by atoms with Crippen molar-refractivity contribution in [3.63, 3.8) is 0 Å². The van der Waals surface area contributed by atoms with Crippen LogP contribution in [0.5, 0.6) is 5.75 Å². The molecule has 3 atom stereocenters. The minimum atomic E-state index is -0.0417. The number of nitrogens with one attached hydrogen (secondary N) is 2. The maximum absolute atomic E-state index is 6.16. The molecule has 1 aliphatic heterocycles. The first-order valence-corrected chi connectivity index (χ1v) is 8.27. The monoisotopic (exact) mass is 351 g/mol. The van der Waals surface area contributed by atoms with E-state index in [9.17, 15) is 0 Å². The zero-order valence-electron chi connectivity index (χ0n) is 12.7. The minimum Gasteiger partial charge on any atom is -0.487 e. The van der Waals surface area contributed by atoms with E-state index in [2.05, 4.69) is 10.9 Å². The Hall–Kier alpha value is -1.46. The van der Waals surface area contributed by atoms with Crippen LogP contribution in [-0.4, -0.2) is 12.1 Å². The molecule has 1 heterocycles. The molecule has 0 saturated carbocycles. The van der Waals surface area contributed by atoms with Crippen LogP contribution < -0.4 is 21.3 Å². The van der Waals surface area contributed by atoms with E-state index in [1.165, 1.54) is 5.56 Å². The van der Waals surface area contributed by atoms with Gasteiger partial charge in [0.1, 0.15) is 11.9 Å². The highest BCUT2D eigenvalue weighted by atomic mass is 35.5. The van der Waals surface area contributed by atoms with Gasteiger partial charge in [0.15, 0.2) is 0 Å². The zero-order valence-corrected chi connectivity index (χ0v) is 14.2. The Bertz CT molecular complexity index is 678. The van der Waals surface area contributed by atoms with E-state index in [1.807, 2.05) is 31.2 Å². The van der Waals surface area contributed by atoms with Crippen LogP contribution in [0.1, 0.15) is 24.9 Å². The van der Waals surface area contributed by atoms with Crippen molar-refractivity contribution >= 4 is 28.9 Å². The fourth-order valence-electron chi connectivity index (χ4n) is 2.69. The average molecular weight is 352 g/mol. The minimum absolute atomic E-state index is 0.0417. The van der Waals surface area contributed by atoms with Crippen molar-refractivity contribution in [2.24, 2.45) is 0 Å². The van der Waals surface area contributed by atoms with Gasteiger partial charge in [0.25, 0.3) is 0 Å². The molecule has 0 bridgehead atoms. The van der Waals surface area contributed by atoms with Gasteiger partial charge in [-0.2, -0.15) is 0 Å². The first-order chi connectivity index (χ1) is 11.0. The molecule has 2 aromatic rings. The quantitative estimate of drug-likeness (QED) is 0.730. The Balaban J connectivity index is 1.63. The number of nitrogen functional groups attached to an aromatic ring is 1. The number of hydrazine groups is 1. The van der Waals surface area contributed by atoms with Crippen molar-refractivity contribution in [1.82, 2.24) is 10.9 Å². The van der Waals surface area contributed by atoms with Crippen molar-refractivity contribution < 1.29 is 4.74 Å². The molecule has 1 saturated heterocycles. The fraction of sp³-hybridized carbons (Fsp3) is 0.294. The highest BCUT2D eigenvalue weighted by Crippen LogP contribution is 2.30. The van der Waals surface area contributed by atoms with Crippen molar-refractivity contribution in [2.45, 2.75) is 31.5 Å². The van der Waals surface area contributed by atoms with Gasteiger partial charge in [0.2, 0.25) is 0 Å². The number of nitrogens with two attached hydrogens (primary N) is 1. The fourth-order valence-corrected chi connectivity index (χ4v) is 3.14. The van der Waals surface area contributed by atoms with Crippen LogP contribution in [0.3, 0.4) is 0 Å². The molecule has 4 nitrogen and oxygen atoms in total. The van der Waals surface area contributed by atoms with Gasteiger partial charge in [-0.3, -0.25) is 5.43 Å². The third kappa shape index (κ3) is 3.90. The van der Waals surface area contributed by atoms with Gasteiger partial charge < -0.3 is 10.5 Å². The van der Waals surface area contributed by atoms with Gasteiger partial charge in [-0.15, -0.1) is 0 Å². The van der Waals surface area contributed by atoms with E-state index in [0.717, 1.165) is 12.1 Å². The average Bonchev–Trinajstić information content (AvgIpc) is 3.01. The SMILES string of the molecule is CC(Oc1ccc(Cl)cc1Cl)C1CC(c2ccc(N)cc2)NN1. The van der Waals surface area contributed by atoms with Gasteiger partial charge in [0, 0.05) is 16.8 Å². The number of anilines is 1. The molecule has 0 aliphatic carbocycles. The summed E-state index contributed by atoms with van der Waals surface area (Å²) in [6.45, 7) is 2.02. The van der Waals surface area contributed by atoms with Crippen LogP contribution in [0, 0.1) is 0 Å². The highest BCUT2D eigenvalue weighted by molar-refractivity contribution is 6.35. The number of rotatable bonds is 4. The van der Waals surface area contributed by atoms with E-state index >= 15 is 0 Å². The molecule has 2 aromatic carbocycles. The zero-order chi connectivity index (χ0) is 16.4. The standard InChI is InChI=1S/C17H19Cl2N3O/c1-10(23-17-7-4-12(18)8-14(17)19)15-9-16(22-21-15)11-2-5-13(20)6-3-11/h2-8,10,15-16,21-22H,9,20H2,1H3. The Kier molecular flexibility index (Phi) is 4.97. The van der Waals surface area contributed by atoms with Crippen molar-refractivity contribution in [1.29, 1.82) is 0 Å². The molecule has 122 valence electrons. The molecule has 0 amide bonds. The molecule has 0 aromatic heterocycles. The molecule has 1 fully saturated rings. The number of benzene rings is 2. The van der Waals surface area contributed by atoms with Crippen molar-refractivity contribution in [2.75, 3.05) is 5.73 Å². The molecular formula is C17H19Cl2N3O. The molecular weight excluding hydrogens is 333 g/mol. The molecule has 4 N–H and O–H groups in total. The molecule has 3 unspecified atom stereocenters. The van der Waals surface area contributed by atoms with Crippen LogP contribution in [-0.2, 0) is 0 Å². The summed E-state index contributed by atoms with van der Waals surface area (Å²) in [4.78, 5) is 0. The third-order valence-electron chi connectivity index (χ3n) is 4.04. The predicted octanol–water partition coefficient (Wildman–Crippen LogP) is 3.95. The number of hydrogen-bond acceptors (Lipinski definition) is 4. The lowest BCUT2D eigenvalue weighted by molar-refractivity contribution is 0.176. The Morgan fingerprint density at radius 2 is 1.87 bits per heavy atom. The smallest absolute Gasteiger partial charge is 0.138 e. The third-order valence-corrected chi connectivity index (χ3v) is 4.58. The van der Waals surface area contributed by atoms with E-state index in [0.29, 0.717) is 15.8 Å². The molecule has 6 heteroatoms. The number of hydrogen-bond donors (Lipinski definition) is 3. The Labute approximate surface area is 145 Å². The van der Waals surface area contributed by atoms with Crippen molar-refractivity contribution in [3.8, 4) is 5.75 Å². The van der Waals surface area contributed by atoms with Gasteiger partial charge in [-0.25, -0.2) is 5.43 Å². The van der Waals surface area contributed by atoms with Crippen LogP contribution in [0.25, 0.3) is 0 Å². The van der Waals surface area contributed by atoms with Gasteiger partial charge in [-0.1, -0.05) is 35.3 Å². The lowest BCUT2D eigenvalue weighted by Gasteiger charge is -2.21. The Morgan fingerprint density at radius 3 is 2.57 bits per heavy atom. The van der Waals surface area contributed by atoms with Crippen LogP contribution in [0.2, 0.25) is 10.0 Å². The van der Waals surface area contributed by atoms with Gasteiger partial charge in [-0.05, 0) is 49.2 Å². The second kappa shape index (κ2) is 6.97. The van der Waals surface area contributed by atoms with Crippen LogP contribution >= 0.6 is 23.2 Å². The van der Waals surface area contributed by atoms with Gasteiger partial charge >= 0.3 is 0 Å². The van der Waals surface area contributed by atoms with Crippen LogP contribution in [0.4, 0.5) is 5.69 Å².